The number of aliphatic hydroxyl groups is 1. The number of Topliss-reactive ketones (excluding diaryl/α,β-unsaturated/α-hetero) is 1. The van der Waals surface area contributed by atoms with Crippen LogP contribution in [0, 0.1) is 0 Å². The molecule has 7 heteroatoms. The molecule has 180 valence electrons. The Labute approximate surface area is 205 Å². The summed E-state index contributed by atoms with van der Waals surface area (Å²) < 4.78 is 1.95. The van der Waals surface area contributed by atoms with E-state index in [4.69, 9.17) is 0 Å². The first-order valence-corrected chi connectivity index (χ1v) is 11.6. The molecule has 0 bridgehead atoms. The molecule has 7 nitrogen and oxygen atoms in total. The second-order valence-corrected chi connectivity index (χ2v) is 8.84. The smallest absolute Gasteiger partial charge is 0.255 e. The molecule has 1 amide bonds. The highest BCUT2D eigenvalue weighted by Crippen LogP contribution is 2.30. The number of hydrazone groups is 1. The van der Waals surface area contributed by atoms with Crippen molar-refractivity contribution in [2.24, 2.45) is 12.1 Å². The van der Waals surface area contributed by atoms with E-state index in [0.717, 1.165) is 34.9 Å². The third-order valence-corrected chi connectivity index (χ3v) is 6.54. The highest BCUT2D eigenvalue weighted by atomic mass is 16.3. The molecule has 0 spiro atoms. The Bertz CT molecular complexity index is 1340. The van der Waals surface area contributed by atoms with E-state index in [2.05, 4.69) is 24.8 Å². The summed E-state index contributed by atoms with van der Waals surface area (Å²) in [5, 5.41) is 16.6. The number of allylic oxidation sites excluding steroid dienone is 4. The number of fused-ring (bicyclic) bond motifs is 1. The molecular weight excluding hydrogens is 440 g/mol. The number of rotatable bonds is 7. The molecule has 1 saturated heterocycles. The van der Waals surface area contributed by atoms with Crippen molar-refractivity contribution >= 4 is 33.9 Å². The highest BCUT2D eigenvalue weighted by molar-refractivity contribution is 6.25. The summed E-state index contributed by atoms with van der Waals surface area (Å²) >= 11 is 0. The Morgan fingerprint density at radius 3 is 2.74 bits per heavy atom. The Kier molecular flexibility index (Phi) is 6.71. The second kappa shape index (κ2) is 9.72. The van der Waals surface area contributed by atoms with Gasteiger partial charge in [0.25, 0.3) is 5.91 Å². The molecule has 1 aromatic heterocycles. The minimum atomic E-state index is -0.250. The summed E-state index contributed by atoms with van der Waals surface area (Å²) in [5.74, 6) is -0.225. The predicted octanol–water partition coefficient (Wildman–Crippen LogP) is 4.19. The molecule has 3 heterocycles. The fraction of sp³-hybridized carbons (Fsp3) is 0.250. The Balaban J connectivity index is 1.56. The van der Waals surface area contributed by atoms with Gasteiger partial charge >= 0.3 is 0 Å². The molecular formula is C28H30N4O3. The number of likely N-dealkylation sites (tertiary alicyclic amines) is 1. The number of amides is 1. The van der Waals surface area contributed by atoms with Gasteiger partial charge in [-0.1, -0.05) is 25.8 Å². The molecule has 0 radical (unpaired) electrons. The van der Waals surface area contributed by atoms with Gasteiger partial charge in [0.1, 0.15) is 0 Å². The number of carbonyl (C=O) groups is 2. The van der Waals surface area contributed by atoms with Gasteiger partial charge in [-0.2, -0.15) is 5.10 Å². The first-order chi connectivity index (χ1) is 16.7. The van der Waals surface area contributed by atoms with Crippen LogP contribution in [0.25, 0.3) is 16.5 Å². The van der Waals surface area contributed by atoms with Gasteiger partial charge in [-0.05, 0) is 61.3 Å². The molecule has 1 N–H and O–H groups in total. The van der Waals surface area contributed by atoms with Crippen molar-refractivity contribution in [3.63, 3.8) is 0 Å². The molecule has 1 atom stereocenters. The zero-order chi connectivity index (χ0) is 25.3. The molecule has 35 heavy (non-hydrogen) atoms. The number of aromatic nitrogens is 1. The maximum atomic E-state index is 12.9. The largest absolute Gasteiger partial charge is 0.394 e. The SMILES string of the molecule is C=C/C(=N\N1C=CC(c2ccc3c(c2)c(C(C)=O)cn3C)=CC1=C)C(=C)C(=O)N1CCC[C@@H]1CO. The lowest BCUT2D eigenvalue weighted by Crippen LogP contribution is -2.39. The molecule has 0 saturated carbocycles. The van der Waals surface area contributed by atoms with Crippen LogP contribution in [-0.2, 0) is 11.8 Å². The Morgan fingerprint density at radius 2 is 2.09 bits per heavy atom. The normalized spacial score (nSPS) is 18.3. The third kappa shape index (κ3) is 4.55. The Morgan fingerprint density at radius 1 is 1.31 bits per heavy atom. The number of carbonyl (C=O) groups excluding carboxylic acids is 2. The maximum Gasteiger partial charge on any atom is 0.255 e. The number of hydrogen-bond acceptors (Lipinski definition) is 5. The van der Waals surface area contributed by atoms with Crippen LogP contribution < -0.4 is 0 Å². The first kappa shape index (κ1) is 24.2. The monoisotopic (exact) mass is 470 g/mol. The van der Waals surface area contributed by atoms with Crippen molar-refractivity contribution in [3.05, 3.63) is 91.0 Å². The molecule has 2 aliphatic rings. The lowest BCUT2D eigenvalue weighted by atomic mass is 9.99. The summed E-state index contributed by atoms with van der Waals surface area (Å²) in [6, 6.07) is 5.84. The molecule has 0 aliphatic carbocycles. The van der Waals surface area contributed by atoms with Crippen molar-refractivity contribution in [2.45, 2.75) is 25.8 Å². The average Bonchev–Trinajstić information content (AvgIpc) is 3.46. The summed E-state index contributed by atoms with van der Waals surface area (Å²) in [6.07, 6.45) is 10.6. The number of aliphatic hydroxyl groups excluding tert-OH is 1. The van der Waals surface area contributed by atoms with Crippen LogP contribution in [-0.4, -0.2) is 56.2 Å². The van der Waals surface area contributed by atoms with Crippen molar-refractivity contribution in [1.29, 1.82) is 0 Å². The minimum Gasteiger partial charge on any atom is -0.394 e. The number of benzene rings is 1. The van der Waals surface area contributed by atoms with Crippen molar-refractivity contribution in [1.82, 2.24) is 14.5 Å². The number of ketones is 1. The van der Waals surface area contributed by atoms with Crippen molar-refractivity contribution < 1.29 is 14.7 Å². The minimum absolute atomic E-state index is 0.0248. The van der Waals surface area contributed by atoms with Gasteiger partial charge in [0.15, 0.2) is 5.78 Å². The van der Waals surface area contributed by atoms with E-state index in [0.29, 0.717) is 23.5 Å². The summed E-state index contributed by atoms with van der Waals surface area (Å²) in [5.41, 5.74) is 4.75. The van der Waals surface area contributed by atoms with Gasteiger partial charge in [0.2, 0.25) is 0 Å². The van der Waals surface area contributed by atoms with Crippen LogP contribution in [0.15, 0.2) is 84.9 Å². The second-order valence-electron chi connectivity index (χ2n) is 8.84. The van der Waals surface area contributed by atoms with E-state index in [1.54, 1.807) is 23.0 Å². The topological polar surface area (TPSA) is 78.1 Å². The zero-order valence-electron chi connectivity index (χ0n) is 20.2. The van der Waals surface area contributed by atoms with Crippen LogP contribution in [0.5, 0.6) is 0 Å². The van der Waals surface area contributed by atoms with E-state index in [1.807, 2.05) is 48.2 Å². The van der Waals surface area contributed by atoms with Gasteiger partial charge in [0, 0.05) is 42.5 Å². The molecule has 4 rings (SSSR count). The van der Waals surface area contributed by atoms with E-state index in [-0.39, 0.29) is 29.9 Å². The Hall–Kier alpha value is -3.97. The van der Waals surface area contributed by atoms with Crippen molar-refractivity contribution in [2.75, 3.05) is 13.2 Å². The maximum absolute atomic E-state index is 12.9. The van der Waals surface area contributed by atoms with Gasteiger partial charge < -0.3 is 14.6 Å². The first-order valence-electron chi connectivity index (χ1n) is 11.6. The summed E-state index contributed by atoms with van der Waals surface area (Å²) in [7, 11) is 1.93. The van der Waals surface area contributed by atoms with Gasteiger partial charge in [0.05, 0.1) is 29.6 Å². The molecule has 0 unspecified atom stereocenters. The number of nitrogens with zero attached hydrogens (tertiary/aromatic N) is 4. The van der Waals surface area contributed by atoms with Crippen LogP contribution in [0.1, 0.15) is 35.7 Å². The fourth-order valence-corrected chi connectivity index (χ4v) is 4.59. The fourth-order valence-electron chi connectivity index (χ4n) is 4.59. The lowest BCUT2D eigenvalue weighted by molar-refractivity contribution is -0.128. The van der Waals surface area contributed by atoms with Gasteiger partial charge in [-0.3, -0.25) is 9.59 Å². The molecule has 2 aliphatic heterocycles. The summed E-state index contributed by atoms with van der Waals surface area (Å²) in [4.78, 5) is 26.7. The average molecular weight is 471 g/mol. The molecule has 1 aromatic carbocycles. The van der Waals surface area contributed by atoms with Crippen LogP contribution in [0.2, 0.25) is 0 Å². The van der Waals surface area contributed by atoms with Crippen LogP contribution in [0.3, 0.4) is 0 Å². The number of aryl methyl sites for hydroxylation is 1. The molecule has 1 fully saturated rings. The van der Waals surface area contributed by atoms with E-state index in [9.17, 15) is 14.7 Å². The van der Waals surface area contributed by atoms with E-state index >= 15 is 0 Å². The van der Waals surface area contributed by atoms with E-state index < -0.39 is 0 Å². The van der Waals surface area contributed by atoms with Crippen LogP contribution >= 0.6 is 0 Å². The number of hydrogen-bond donors (Lipinski definition) is 1. The molecule has 2 aromatic rings. The highest BCUT2D eigenvalue weighted by Gasteiger charge is 2.30. The third-order valence-electron chi connectivity index (χ3n) is 6.54. The zero-order valence-corrected chi connectivity index (χ0v) is 20.2. The van der Waals surface area contributed by atoms with E-state index in [1.165, 1.54) is 6.08 Å². The van der Waals surface area contributed by atoms with Gasteiger partial charge in [-0.15, -0.1) is 0 Å². The van der Waals surface area contributed by atoms with Crippen molar-refractivity contribution in [3.8, 4) is 0 Å². The standard InChI is InChI=1S/C28H30N4O3/c1-6-26(19(3)28(35)31-12-7-8-23(31)17-33)29-32-13-11-22(14-18(32)2)21-9-10-27-24(15-21)25(20(4)34)16-30(27)5/h6,9-11,13-16,23,33H,1-3,7-8,12,17H2,4-5H3/b29-26+/t23-/m1/s1. The van der Waals surface area contributed by atoms with Crippen LogP contribution in [0.4, 0.5) is 0 Å². The quantitative estimate of drug-likeness (QED) is 0.374. The van der Waals surface area contributed by atoms with Gasteiger partial charge in [-0.25, -0.2) is 5.01 Å². The predicted molar refractivity (Wildman–Crippen MR) is 140 cm³/mol. The lowest BCUT2D eigenvalue weighted by Gasteiger charge is -2.25. The summed E-state index contributed by atoms with van der Waals surface area (Å²) in [6.45, 7) is 14.0.